The molecule has 2 N–H and O–H groups in total. The van der Waals surface area contributed by atoms with E-state index >= 15 is 0 Å². The van der Waals surface area contributed by atoms with Gasteiger partial charge in [-0.2, -0.15) is 0 Å². The zero-order chi connectivity index (χ0) is 22.2. The molecule has 0 aliphatic carbocycles. The highest BCUT2D eigenvalue weighted by molar-refractivity contribution is 7.80. The summed E-state index contributed by atoms with van der Waals surface area (Å²) in [6.07, 6.45) is 2.27. The lowest BCUT2D eigenvalue weighted by atomic mass is 10.1. The highest BCUT2D eigenvalue weighted by Crippen LogP contribution is 2.38. The number of hydrogen-bond donors (Lipinski definition) is 2. The first kappa shape index (κ1) is 22.6. The fourth-order valence-corrected chi connectivity index (χ4v) is 3.36. The molecule has 2 aromatic rings. The second-order valence-electron chi connectivity index (χ2n) is 6.79. The van der Waals surface area contributed by atoms with Crippen molar-refractivity contribution in [3.8, 4) is 23.0 Å². The minimum atomic E-state index is -0.409. The molecule has 0 bridgehead atoms. The van der Waals surface area contributed by atoms with Gasteiger partial charge in [0.05, 0.1) is 27.4 Å². The maximum absolute atomic E-state index is 12.6. The van der Waals surface area contributed by atoms with E-state index in [2.05, 4.69) is 10.6 Å². The molecular formula is C22H26N2O6S. The van der Waals surface area contributed by atoms with Crippen LogP contribution < -0.4 is 29.6 Å². The molecule has 1 heterocycles. The Bertz CT molecular complexity index is 888. The van der Waals surface area contributed by atoms with Crippen LogP contribution in [0.3, 0.4) is 0 Å². The molecule has 0 saturated carbocycles. The van der Waals surface area contributed by atoms with Gasteiger partial charge in [-0.05, 0) is 61.5 Å². The first-order valence-electron chi connectivity index (χ1n) is 9.81. The predicted molar refractivity (Wildman–Crippen MR) is 121 cm³/mol. The van der Waals surface area contributed by atoms with Gasteiger partial charge in [0.1, 0.15) is 12.4 Å². The molecular weight excluding hydrogens is 420 g/mol. The lowest BCUT2D eigenvalue weighted by Gasteiger charge is -2.15. The SMILES string of the molecule is COc1cc(C(=O)NC(=S)Nc2ccc(OCC3CCCO3)cc2)cc(OC)c1OC. The van der Waals surface area contributed by atoms with Crippen LogP contribution in [0.2, 0.25) is 0 Å². The number of thiocarbonyl (C=S) groups is 1. The summed E-state index contributed by atoms with van der Waals surface area (Å²) in [7, 11) is 4.47. The second-order valence-corrected chi connectivity index (χ2v) is 7.20. The van der Waals surface area contributed by atoms with E-state index in [0.29, 0.717) is 29.4 Å². The van der Waals surface area contributed by atoms with Crippen LogP contribution in [0.15, 0.2) is 36.4 Å². The normalized spacial score (nSPS) is 15.1. The van der Waals surface area contributed by atoms with Crippen molar-refractivity contribution >= 4 is 28.9 Å². The van der Waals surface area contributed by atoms with Gasteiger partial charge >= 0.3 is 0 Å². The highest BCUT2D eigenvalue weighted by atomic mass is 32.1. The van der Waals surface area contributed by atoms with Gasteiger partial charge in [-0.15, -0.1) is 0 Å². The maximum atomic E-state index is 12.6. The summed E-state index contributed by atoms with van der Waals surface area (Å²) >= 11 is 5.26. The first-order chi connectivity index (χ1) is 15.0. The van der Waals surface area contributed by atoms with Crippen molar-refractivity contribution in [1.29, 1.82) is 0 Å². The maximum Gasteiger partial charge on any atom is 0.257 e. The summed E-state index contributed by atoms with van der Waals surface area (Å²) in [6.45, 7) is 1.34. The Morgan fingerprint density at radius 3 is 2.32 bits per heavy atom. The molecule has 1 saturated heterocycles. The molecule has 0 radical (unpaired) electrons. The fraction of sp³-hybridized carbons (Fsp3) is 0.364. The molecule has 1 unspecified atom stereocenters. The van der Waals surface area contributed by atoms with Gasteiger partial charge in [0.2, 0.25) is 5.75 Å². The Labute approximate surface area is 186 Å². The predicted octanol–water partition coefficient (Wildman–Crippen LogP) is 3.40. The molecule has 1 atom stereocenters. The van der Waals surface area contributed by atoms with Crippen LogP contribution >= 0.6 is 12.2 Å². The Morgan fingerprint density at radius 2 is 1.77 bits per heavy atom. The number of anilines is 1. The Morgan fingerprint density at radius 1 is 1.10 bits per heavy atom. The van der Waals surface area contributed by atoms with Gasteiger partial charge in [-0.1, -0.05) is 0 Å². The fourth-order valence-electron chi connectivity index (χ4n) is 3.15. The van der Waals surface area contributed by atoms with Crippen molar-refractivity contribution in [3.05, 3.63) is 42.0 Å². The van der Waals surface area contributed by atoms with E-state index in [0.717, 1.165) is 30.9 Å². The molecule has 1 aliphatic rings. The molecule has 3 rings (SSSR count). The number of methoxy groups -OCH3 is 3. The number of carbonyl (C=O) groups is 1. The van der Waals surface area contributed by atoms with Crippen LogP contribution in [0.1, 0.15) is 23.2 Å². The molecule has 0 aromatic heterocycles. The topological polar surface area (TPSA) is 87.3 Å². The molecule has 31 heavy (non-hydrogen) atoms. The van der Waals surface area contributed by atoms with Gasteiger partial charge in [0.25, 0.3) is 5.91 Å². The largest absolute Gasteiger partial charge is 0.493 e. The summed E-state index contributed by atoms with van der Waals surface area (Å²) in [4.78, 5) is 12.6. The van der Waals surface area contributed by atoms with Crippen LogP contribution in [0.25, 0.3) is 0 Å². The molecule has 0 spiro atoms. The second kappa shape index (κ2) is 10.8. The monoisotopic (exact) mass is 446 g/mol. The Hall–Kier alpha value is -3.04. The van der Waals surface area contributed by atoms with Crippen LogP contribution in [-0.4, -0.2) is 51.7 Å². The summed E-state index contributed by atoms with van der Waals surface area (Å²) in [6, 6.07) is 10.4. The van der Waals surface area contributed by atoms with Gasteiger partial charge in [0, 0.05) is 17.9 Å². The van der Waals surface area contributed by atoms with Crippen LogP contribution in [-0.2, 0) is 4.74 Å². The van der Waals surface area contributed by atoms with E-state index in [-0.39, 0.29) is 11.2 Å². The minimum absolute atomic E-state index is 0.159. The number of nitrogens with one attached hydrogen (secondary N) is 2. The van der Waals surface area contributed by atoms with Crippen LogP contribution in [0, 0.1) is 0 Å². The van der Waals surface area contributed by atoms with E-state index in [1.807, 2.05) is 24.3 Å². The number of amides is 1. The average Bonchev–Trinajstić information content (AvgIpc) is 3.31. The number of rotatable bonds is 8. The van der Waals surface area contributed by atoms with E-state index in [1.54, 1.807) is 12.1 Å². The number of benzene rings is 2. The molecule has 1 aliphatic heterocycles. The minimum Gasteiger partial charge on any atom is -0.493 e. The zero-order valence-electron chi connectivity index (χ0n) is 17.7. The molecule has 8 nitrogen and oxygen atoms in total. The van der Waals surface area contributed by atoms with E-state index in [9.17, 15) is 4.79 Å². The first-order valence-corrected chi connectivity index (χ1v) is 10.2. The highest BCUT2D eigenvalue weighted by Gasteiger charge is 2.18. The van der Waals surface area contributed by atoms with Crippen LogP contribution in [0.5, 0.6) is 23.0 Å². The molecule has 166 valence electrons. The number of hydrogen-bond acceptors (Lipinski definition) is 7. The van der Waals surface area contributed by atoms with Gasteiger partial charge in [-0.25, -0.2) is 0 Å². The van der Waals surface area contributed by atoms with Crippen LogP contribution in [0.4, 0.5) is 5.69 Å². The average molecular weight is 447 g/mol. The zero-order valence-corrected chi connectivity index (χ0v) is 18.5. The molecule has 1 fully saturated rings. The third kappa shape index (κ3) is 5.99. The van der Waals surface area contributed by atoms with Crippen molar-refractivity contribution in [3.63, 3.8) is 0 Å². The molecule has 9 heteroatoms. The van der Waals surface area contributed by atoms with Crippen molar-refractivity contribution < 1.29 is 28.5 Å². The summed E-state index contributed by atoms with van der Waals surface area (Å²) < 4.78 is 27.1. The van der Waals surface area contributed by atoms with E-state index in [1.165, 1.54) is 21.3 Å². The van der Waals surface area contributed by atoms with E-state index in [4.69, 9.17) is 35.9 Å². The van der Waals surface area contributed by atoms with Crippen molar-refractivity contribution in [2.75, 3.05) is 39.9 Å². The van der Waals surface area contributed by atoms with E-state index < -0.39 is 5.91 Å². The lowest BCUT2D eigenvalue weighted by Crippen LogP contribution is -2.34. The third-order valence-electron chi connectivity index (χ3n) is 4.73. The summed E-state index contributed by atoms with van der Waals surface area (Å²) in [5.41, 5.74) is 1.04. The molecule has 2 aromatic carbocycles. The summed E-state index contributed by atoms with van der Waals surface area (Å²) in [5, 5.41) is 5.78. The Kier molecular flexibility index (Phi) is 7.91. The third-order valence-corrected chi connectivity index (χ3v) is 4.93. The molecule has 1 amide bonds. The standard InChI is InChI=1S/C22H26N2O6S/c1-26-18-11-14(12-19(27-2)20(18)28-3)21(25)24-22(31)23-15-6-8-16(9-7-15)30-13-17-5-4-10-29-17/h6-9,11-12,17H,4-5,10,13H2,1-3H3,(H2,23,24,25,31). The number of carbonyl (C=O) groups excluding carboxylic acids is 1. The van der Waals surface area contributed by atoms with Crippen molar-refractivity contribution in [1.82, 2.24) is 5.32 Å². The quantitative estimate of drug-likeness (QED) is 0.597. The van der Waals surface area contributed by atoms with Gasteiger partial charge in [-0.3, -0.25) is 10.1 Å². The van der Waals surface area contributed by atoms with Crippen molar-refractivity contribution in [2.24, 2.45) is 0 Å². The van der Waals surface area contributed by atoms with Crippen molar-refractivity contribution in [2.45, 2.75) is 18.9 Å². The van der Waals surface area contributed by atoms with Gasteiger partial charge in [0.15, 0.2) is 16.6 Å². The smallest absolute Gasteiger partial charge is 0.257 e. The Balaban J connectivity index is 1.57. The summed E-state index contributed by atoms with van der Waals surface area (Å²) in [5.74, 6) is 1.50. The lowest BCUT2D eigenvalue weighted by molar-refractivity contribution is 0.0679. The van der Waals surface area contributed by atoms with Gasteiger partial charge < -0.3 is 29.0 Å². The number of ether oxygens (including phenoxy) is 5.